The molecule has 0 aliphatic carbocycles. The lowest BCUT2D eigenvalue weighted by Crippen LogP contribution is -2.10. The molecule has 1 N–H and O–H groups in total. The molecule has 0 saturated carbocycles. The summed E-state index contributed by atoms with van der Waals surface area (Å²) in [4.78, 5) is -0.327. The maximum Gasteiger partial charge on any atom is 0.218 e. The van der Waals surface area contributed by atoms with Gasteiger partial charge in [-0.25, -0.2) is 8.42 Å². The number of hydrogen-bond acceptors (Lipinski definition) is 4. The van der Waals surface area contributed by atoms with Gasteiger partial charge in [0, 0.05) is 17.8 Å². The lowest BCUT2D eigenvalue weighted by Gasteiger charge is -2.03. The fourth-order valence-electron chi connectivity index (χ4n) is 1.15. The van der Waals surface area contributed by atoms with E-state index in [4.69, 9.17) is 16.9 Å². The molecule has 0 aliphatic rings. The van der Waals surface area contributed by atoms with Gasteiger partial charge < -0.3 is 5.32 Å². The van der Waals surface area contributed by atoms with Crippen LogP contribution in [-0.2, 0) is 9.84 Å². The largest absolute Gasteiger partial charge is 0.386 e. The van der Waals surface area contributed by atoms with E-state index >= 15 is 0 Å². The molecule has 0 radical (unpaired) electrons. The summed E-state index contributed by atoms with van der Waals surface area (Å²) >= 11 is 5.68. The normalized spacial score (nSPS) is 11.7. The minimum Gasteiger partial charge on any atom is -0.386 e. The van der Waals surface area contributed by atoms with E-state index in [-0.39, 0.29) is 9.80 Å². The summed E-state index contributed by atoms with van der Waals surface area (Å²) in [6.45, 7) is 3.85. The molecule has 0 fully saturated rings. The highest BCUT2D eigenvalue weighted by molar-refractivity contribution is 7.95. The highest BCUT2D eigenvalue weighted by Crippen LogP contribution is 2.20. The zero-order valence-corrected chi connectivity index (χ0v) is 11.0. The van der Waals surface area contributed by atoms with Crippen LogP contribution in [0, 0.1) is 11.3 Å². The summed E-state index contributed by atoms with van der Waals surface area (Å²) in [6.07, 6.45) is 2.71. The number of nitrogens with one attached hydrogen (secondary N) is 1. The van der Waals surface area contributed by atoms with Crippen molar-refractivity contribution in [3.8, 4) is 6.07 Å². The molecule has 0 bridgehead atoms. The van der Waals surface area contributed by atoms with Crippen LogP contribution in [0.1, 0.15) is 0 Å². The predicted octanol–water partition coefficient (Wildman–Crippen LogP) is 2.25. The van der Waals surface area contributed by atoms with Crippen LogP contribution in [0.15, 0.2) is 52.9 Å². The number of allylic oxidation sites excluding steroid dienone is 1. The monoisotopic (exact) mass is 282 g/mol. The summed E-state index contributed by atoms with van der Waals surface area (Å²) < 4.78 is 24.1. The average molecular weight is 283 g/mol. The van der Waals surface area contributed by atoms with Crippen molar-refractivity contribution >= 4 is 21.4 Å². The Balaban J connectivity index is 3.12. The lowest BCUT2D eigenvalue weighted by atomic mass is 10.4. The molecule has 94 valence electrons. The minimum atomic E-state index is -3.80. The Bertz CT molecular complexity index is 598. The van der Waals surface area contributed by atoms with Gasteiger partial charge in [-0.15, -0.1) is 6.58 Å². The van der Waals surface area contributed by atoms with Gasteiger partial charge in [-0.3, -0.25) is 0 Å². The third-order valence-corrected chi connectivity index (χ3v) is 3.95. The van der Waals surface area contributed by atoms with Crippen molar-refractivity contribution in [2.24, 2.45) is 0 Å². The molecule has 0 saturated heterocycles. The molecule has 0 aliphatic heterocycles. The van der Waals surface area contributed by atoms with Gasteiger partial charge in [0.1, 0.15) is 6.07 Å². The number of halogens is 1. The summed E-state index contributed by atoms with van der Waals surface area (Å²) in [5.41, 5.74) is 0. The lowest BCUT2D eigenvalue weighted by molar-refractivity contribution is 0.603. The van der Waals surface area contributed by atoms with E-state index < -0.39 is 9.84 Å². The molecule has 18 heavy (non-hydrogen) atoms. The Morgan fingerprint density at radius 1 is 1.44 bits per heavy atom. The van der Waals surface area contributed by atoms with Gasteiger partial charge in [-0.05, 0) is 24.3 Å². The first-order valence-electron chi connectivity index (χ1n) is 4.97. The number of rotatable bonds is 5. The molecule has 0 amide bonds. The van der Waals surface area contributed by atoms with Crippen molar-refractivity contribution in [2.45, 2.75) is 4.90 Å². The maximum absolute atomic E-state index is 12.1. The summed E-state index contributed by atoms with van der Waals surface area (Å²) in [5.74, 6) is 0. The molecule has 0 aromatic heterocycles. The molecule has 0 spiro atoms. The Morgan fingerprint density at radius 2 is 2.06 bits per heavy atom. The minimum absolute atomic E-state index is 0.0279. The molecule has 0 unspecified atom stereocenters. The first-order chi connectivity index (χ1) is 8.52. The van der Waals surface area contributed by atoms with E-state index in [0.717, 1.165) is 6.20 Å². The van der Waals surface area contributed by atoms with Crippen LogP contribution in [0.5, 0.6) is 0 Å². The summed E-state index contributed by atoms with van der Waals surface area (Å²) in [5, 5.41) is 12.0. The highest BCUT2D eigenvalue weighted by Gasteiger charge is 2.20. The van der Waals surface area contributed by atoms with Crippen LogP contribution in [0.2, 0.25) is 5.02 Å². The van der Waals surface area contributed by atoms with Gasteiger partial charge in [0.15, 0.2) is 4.91 Å². The third-order valence-electron chi connectivity index (χ3n) is 2.02. The fraction of sp³-hybridized carbons (Fsp3) is 0.0833. The molecular weight excluding hydrogens is 272 g/mol. The highest BCUT2D eigenvalue weighted by atomic mass is 35.5. The van der Waals surface area contributed by atoms with Gasteiger partial charge in [-0.2, -0.15) is 5.26 Å². The molecular formula is C12H11ClN2O2S. The molecule has 1 aromatic carbocycles. The van der Waals surface area contributed by atoms with E-state index in [2.05, 4.69) is 11.9 Å². The SMILES string of the molecule is C=CCNC=C(C#N)S(=O)(=O)c1ccc(Cl)cc1. The standard InChI is InChI=1S/C12H11ClN2O2S/c1-2-7-15-9-12(8-14)18(16,17)11-5-3-10(13)4-6-11/h2-6,9,15H,1,7H2. The van der Waals surface area contributed by atoms with Crippen LogP contribution in [0.3, 0.4) is 0 Å². The van der Waals surface area contributed by atoms with Crippen molar-refractivity contribution in [3.05, 3.63) is 53.0 Å². The number of nitriles is 1. The van der Waals surface area contributed by atoms with Gasteiger partial charge in [0.05, 0.1) is 4.90 Å². The van der Waals surface area contributed by atoms with Crippen LogP contribution >= 0.6 is 11.6 Å². The van der Waals surface area contributed by atoms with Crippen LogP contribution < -0.4 is 5.32 Å². The van der Waals surface area contributed by atoms with Crippen LogP contribution in [0.4, 0.5) is 0 Å². The zero-order valence-electron chi connectivity index (χ0n) is 9.43. The predicted molar refractivity (Wildman–Crippen MR) is 70.5 cm³/mol. The number of hydrogen-bond donors (Lipinski definition) is 1. The van der Waals surface area contributed by atoms with E-state index in [9.17, 15) is 8.42 Å². The second-order valence-electron chi connectivity index (χ2n) is 3.27. The molecule has 1 aromatic rings. The number of benzene rings is 1. The Morgan fingerprint density at radius 3 is 2.56 bits per heavy atom. The topological polar surface area (TPSA) is 70.0 Å². The first kappa shape index (κ1) is 14.3. The fourth-order valence-corrected chi connectivity index (χ4v) is 2.38. The summed E-state index contributed by atoms with van der Waals surface area (Å²) in [6, 6.07) is 7.29. The van der Waals surface area contributed by atoms with E-state index in [1.54, 1.807) is 12.1 Å². The molecule has 0 heterocycles. The van der Waals surface area contributed by atoms with Crippen molar-refractivity contribution in [1.29, 1.82) is 5.26 Å². The van der Waals surface area contributed by atoms with E-state index in [1.807, 2.05) is 0 Å². The van der Waals surface area contributed by atoms with E-state index in [1.165, 1.54) is 24.3 Å². The van der Waals surface area contributed by atoms with Gasteiger partial charge in [0.25, 0.3) is 0 Å². The van der Waals surface area contributed by atoms with Gasteiger partial charge >= 0.3 is 0 Å². The van der Waals surface area contributed by atoms with Gasteiger partial charge in [0.2, 0.25) is 9.84 Å². The Labute approximate surface area is 111 Å². The van der Waals surface area contributed by atoms with Crippen LogP contribution in [-0.4, -0.2) is 15.0 Å². The van der Waals surface area contributed by atoms with Crippen molar-refractivity contribution in [2.75, 3.05) is 6.54 Å². The maximum atomic E-state index is 12.1. The second-order valence-corrected chi connectivity index (χ2v) is 5.63. The average Bonchev–Trinajstić information content (AvgIpc) is 2.35. The van der Waals surface area contributed by atoms with Gasteiger partial charge in [-0.1, -0.05) is 17.7 Å². The number of nitrogens with zero attached hydrogens (tertiary/aromatic N) is 1. The third kappa shape index (κ3) is 3.36. The van der Waals surface area contributed by atoms with Crippen molar-refractivity contribution in [3.63, 3.8) is 0 Å². The summed E-state index contributed by atoms with van der Waals surface area (Å²) in [7, 11) is -3.80. The quantitative estimate of drug-likeness (QED) is 0.511. The zero-order chi connectivity index (χ0) is 13.6. The Kier molecular flexibility index (Phi) is 4.95. The van der Waals surface area contributed by atoms with E-state index in [0.29, 0.717) is 11.6 Å². The molecule has 4 nitrogen and oxygen atoms in total. The molecule has 1 rings (SSSR count). The second kappa shape index (κ2) is 6.24. The Hall–Kier alpha value is -1.77. The van der Waals surface area contributed by atoms with Crippen molar-refractivity contribution in [1.82, 2.24) is 5.32 Å². The molecule has 0 atom stereocenters. The van der Waals surface area contributed by atoms with Crippen LogP contribution in [0.25, 0.3) is 0 Å². The number of sulfone groups is 1. The van der Waals surface area contributed by atoms with Crippen molar-refractivity contribution < 1.29 is 8.42 Å². The first-order valence-corrected chi connectivity index (χ1v) is 6.83. The smallest absolute Gasteiger partial charge is 0.218 e. The molecule has 6 heteroatoms.